The zero-order valence-corrected chi connectivity index (χ0v) is 15.7. The zero-order chi connectivity index (χ0) is 19.5. The second-order valence-corrected chi connectivity index (χ2v) is 6.75. The van der Waals surface area contributed by atoms with Crippen molar-refractivity contribution in [1.29, 1.82) is 0 Å². The van der Waals surface area contributed by atoms with Crippen LogP contribution in [0, 0.1) is 11.8 Å². The van der Waals surface area contributed by atoms with Gasteiger partial charge in [0.2, 0.25) is 0 Å². The summed E-state index contributed by atoms with van der Waals surface area (Å²) in [6.45, 7) is 0. The highest BCUT2D eigenvalue weighted by Gasteiger charge is 2.12. The smallest absolute Gasteiger partial charge is 0.182 e. The fourth-order valence-electron chi connectivity index (χ4n) is 3.45. The molecule has 29 heavy (non-hydrogen) atoms. The molecule has 0 aliphatic rings. The number of aromatic nitrogens is 1. The van der Waals surface area contributed by atoms with E-state index in [1.165, 1.54) is 12.0 Å². The standard InChI is InChI=1S/C27H17NO/c1-3-8-20(9-4-1)14-15-22-16-17-23(21-10-5-2-6-11-21)18-25(22)24-12-7-13-26-27(24)28-19-29-26/h1-13,16-19H. The van der Waals surface area contributed by atoms with Gasteiger partial charge in [0.1, 0.15) is 5.52 Å². The number of hydrogen-bond acceptors (Lipinski definition) is 2. The summed E-state index contributed by atoms with van der Waals surface area (Å²) in [5.41, 5.74) is 7.96. The van der Waals surface area contributed by atoms with Crippen LogP contribution in [-0.4, -0.2) is 4.98 Å². The first kappa shape index (κ1) is 17.0. The molecule has 0 saturated heterocycles. The van der Waals surface area contributed by atoms with Crippen LogP contribution in [0.1, 0.15) is 11.1 Å². The van der Waals surface area contributed by atoms with Crippen molar-refractivity contribution >= 4 is 11.1 Å². The zero-order valence-electron chi connectivity index (χ0n) is 15.7. The molecular formula is C27H17NO. The average Bonchev–Trinajstić information content (AvgIpc) is 3.28. The van der Waals surface area contributed by atoms with Gasteiger partial charge in [-0.1, -0.05) is 78.6 Å². The Morgan fingerprint density at radius 2 is 1.41 bits per heavy atom. The minimum absolute atomic E-state index is 0.773. The van der Waals surface area contributed by atoms with E-state index in [0.717, 1.165) is 38.9 Å². The highest BCUT2D eigenvalue weighted by molar-refractivity contribution is 5.93. The van der Waals surface area contributed by atoms with Gasteiger partial charge < -0.3 is 4.42 Å². The molecule has 4 aromatic carbocycles. The Hall–Kier alpha value is -4.09. The normalized spacial score (nSPS) is 10.5. The van der Waals surface area contributed by atoms with Crippen LogP contribution < -0.4 is 0 Å². The van der Waals surface area contributed by atoms with E-state index in [2.05, 4.69) is 65.4 Å². The summed E-state index contributed by atoms with van der Waals surface area (Å²) in [6, 6.07) is 32.8. The molecule has 0 radical (unpaired) electrons. The molecular weight excluding hydrogens is 354 g/mol. The van der Waals surface area contributed by atoms with Crippen molar-refractivity contribution in [3.8, 4) is 34.1 Å². The second kappa shape index (κ2) is 7.50. The van der Waals surface area contributed by atoms with E-state index in [1.54, 1.807) is 0 Å². The minimum Gasteiger partial charge on any atom is -0.443 e. The van der Waals surface area contributed by atoms with E-state index < -0.39 is 0 Å². The lowest BCUT2D eigenvalue weighted by Crippen LogP contribution is -1.89. The molecule has 0 aliphatic heterocycles. The summed E-state index contributed by atoms with van der Waals surface area (Å²) >= 11 is 0. The van der Waals surface area contributed by atoms with Crippen LogP contribution in [-0.2, 0) is 0 Å². The maximum absolute atomic E-state index is 5.52. The van der Waals surface area contributed by atoms with E-state index in [-0.39, 0.29) is 0 Å². The molecule has 0 atom stereocenters. The average molecular weight is 371 g/mol. The Morgan fingerprint density at radius 1 is 0.621 bits per heavy atom. The lowest BCUT2D eigenvalue weighted by Gasteiger charge is -2.10. The number of rotatable bonds is 2. The summed E-state index contributed by atoms with van der Waals surface area (Å²) in [5, 5.41) is 0. The fraction of sp³-hybridized carbons (Fsp3) is 0. The predicted molar refractivity (Wildman–Crippen MR) is 117 cm³/mol. The van der Waals surface area contributed by atoms with Crippen molar-refractivity contribution in [2.45, 2.75) is 0 Å². The first-order valence-corrected chi connectivity index (χ1v) is 9.48. The summed E-state index contributed by atoms with van der Waals surface area (Å²) in [6.07, 6.45) is 1.49. The maximum Gasteiger partial charge on any atom is 0.182 e. The van der Waals surface area contributed by atoms with Gasteiger partial charge in [0.05, 0.1) is 0 Å². The lowest BCUT2D eigenvalue weighted by atomic mass is 9.94. The van der Waals surface area contributed by atoms with Crippen molar-refractivity contribution in [2.24, 2.45) is 0 Å². The molecule has 1 heterocycles. The number of benzene rings is 4. The van der Waals surface area contributed by atoms with Crippen LogP contribution in [0.25, 0.3) is 33.4 Å². The molecule has 5 aromatic rings. The van der Waals surface area contributed by atoms with Crippen LogP contribution in [0.4, 0.5) is 0 Å². The van der Waals surface area contributed by atoms with Crippen LogP contribution >= 0.6 is 0 Å². The van der Waals surface area contributed by atoms with Crippen molar-refractivity contribution < 1.29 is 4.42 Å². The maximum atomic E-state index is 5.52. The van der Waals surface area contributed by atoms with Crippen LogP contribution in [0.15, 0.2) is 108 Å². The van der Waals surface area contributed by atoms with Crippen molar-refractivity contribution in [1.82, 2.24) is 4.98 Å². The molecule has 0 fully saturated rings. The van der Waals surface area contributed by atoms with Crippen molar-refractivity contribution in [2.75, 3.05) is 0 Å². The van der Waals surface area contributed by atoms with Gasteiger partial charge in [0.25, 0.3) is 0 Å². The SMILES string of the molecule is C(#Cc1ccc(-c2ccccc2)cc1-c1cccc2ocnc12)c1ccccc1. The van der Waals surface area contributed by atoms with Crippen LogP contribution in [0.2, 0.25) is 0 Å². The van der Waals surface area contributed by atoms with Crippen LogP contribution in [0.3, 0.4) is 0 Å². The van der Waals surface area contributed by atoms with Gasteiger partial charge in [-0.05, 0) is 41.5 Å². The molecule has 2 nitrogen and oxygen atoms in total. The van der Waals surface area contributed by atoms with Gasteiger partial charge >= 0.3 is 0 Å². The van der Waals surface area contributed by atoms with E-state index in [0.29, 0.717) is 0 Å². The molecule has 0 amide bonds. The minimum atomic E-state index is 0.773. The summed E-state index contributed by atoms with van der Waals surface area (Å²) in [5.74, 6) is 6.63. The first-order chi connectivity index (χ1) is 14.4. The topological polar surface area (TPSA) is 26.0 Å². The second-order valence-electron chi connectivity index (χ2n) is 6.75. The van der Waals surface area contributed by atoms with E-state index in [9.17, 15) is 0 Å². The van der Waals surface area contributed by atoms with E-state index in [1.807, 2.05) is 48.5 Å². The third kappa shape index (κ3) is 3.42. The molecule has 0 saturated carbocycles. The van der Waals surface area contributed by atoms with Gasteiger partial charge in [-0.3, -0.25) is 0 Å². The van der Waals surface area contributed by atoms with Crippen molar-refractivity contribution in [3.63, 3.8) is 0 Å². The monoisotopic (exact) mass is 371 g/mol. The van der Waals surface area contributed by atoms with Gasteiger partial charge in [0.15, 0.2) is 12.0 Å². The highest BCUT2D eigenvalue weighted by Crippen LogP contribution is 2.33. The third-order valence-electron chi connectivity index (χ3n) is 4.89. The summed E-state index contributed by atoms with van der Waals surface area (Å²) in [4.78, 5) is 4.44. The first-order valence-electron chi connectivity index (χ1n) is 9.48. The quantitative estimate of drug-likeness (QED) is 0.328. The van der Waals surface area contributed by atoms with E-state index >= 15 is 0 Å². The van der Waals surface area contributed by atoms with E-state index in [4.69, 9.17) is 4.42 Å². The number of fused-ring (bicyclic) bond motifs is 1. The number of hydrogen-bond donors (Lipinski definition) is 0. The highest BCUT2D eigenvalue weighted by atomic mass is 16.3. The number of oxazole rings is 1. The number of nitrogens with zero attached hydrogens (tertiary/aromatic N) is 1. The van der Waals surface area contributed by atoms with Gasteiger partial charge in [0, 0.05) is 22.3 Å². The number of para-hydroxylation sites is 1. The molecule has 0 bridgehead atoms. The fourth-order valence-corrected chi connectivity index (χ4v) is 3.45. The molecule has 5 rings (SSSR count). The molecule has 0 spiro atoms. The lowest BCUT2D eigenvalue weighted by molar-refractivity contribution is 0.602. The molecule has 1 aromatic heterocycles. The summed E-state index contributed by atoms with van der Waals surface area (Å²) in [7, 11) is 0. The van der Waals surface area contributed by atoms with Gasteiger partial charge in [-0.2, -0.15) is 0 Å². The Bertz CT molecular complexity index is 1340. The Labute approximate surface area is 169 Å². The van der Waals surface area contributed by atoms with Gasteiger partial charge in [-0.25, -0.2) is 4.98 Å². The predicted octanol–water partition coefficient (Wildman–Crippen LogP) is 6.56. The molecule has 0 unspecified atom stereocenters. The molecule has 0 aliphatic carbocycles. The van der Waals surface area contributed by atoms with Crippen LogP contribution in [0.5, 0.6) is 0 Å². The molecule has 0 N–H and O–H groups in total. The van der Waals surface area contributed by atoms with Gasteiger partial charge in [-0.15, -0.1) is 0 Å². The van der Waals surface area contributed by atoms with Crippen molar-refractivity contribution in [3.05, 3.63) is 115 Å². The Balaban J connectivity index is 1.71. The summed E-state index contributed by atoms with van der Waals surface area (Å²) < 4.78 is 5.52. The molecule has 136 valence electrons. The Kier molecular flexibility index (Phi) is 4.41. The molecule has 2 heteroatoms. The third-order valence-corrected chi connectivity index (χ3v) is 4.89. The Morgan fingerprint density at radius 3 is 2.24 bits per heavy atom. The largest absolute Gasteiger partial charge is 0.443 e.